The second-order valence-corrected chi connectivity index (χ2v) is 3.59. The monoisotopic (exact) mass is 206 g/mol. The molecular weight excluding hydrogens is 188 g/mol. The fraction of sp³-hybridized carbons (Fsp3) is 0.500. The number of rotatable bonds is 6. The van der Waals surface area contributed by atoms with Gasteiger partial charge in [-0.1, -0.05) is 26.2 Å². The van der Waals surface area contributed by atoms with E-state index >= 15 is 0 Å². The average Bonchev–Trinajstić information content (AvgIpc) is 2.26. The molecule has 0 bridgehead atoms. The third-order valence-electron chi connectivity index (χ3n) is 2.22. The van der Waals surface area contributed by atoms with Crippen molar-refractivity contribution >= 4 is 11.6 Å². The highest BCUT2D eigenvalue weighted by Crippen LogP contribution is 2.07. The highest BCUT2D eigenvalue weighted by Gasteiger charge is 2.00. The standard InChI is InChI=1S/C12H18N2O/c1-2-3-4-5-6-12(15)14-11-7-9-13-10-8-11/h7-10H,2-6H2,1H3,(H,13,14,15). The maximum Gasteiger partial charge on any atom is 0.224 e. The molecule has 0 fully saturated rings. The van der Waals surface area contributed by atoms with E-state index in [2.05, 4.69) is 17.2 Å². The molecule has 0 aliphatic carbocycles. The Morgan fingerprint density at radius 2 is 2.00 bits per heavy atom. The van der Waals surface area contributed by atoms with Crippen molar-refractivity contribution in [1.29, 1.82) is 0 Å². The molecule has 1 amide bonds. The molecule has 3 nitrogen and oxygen atoms in total. The smallest absolute Gasteiger partial charge is 0.224 e. The third kappa shape index (κ3) is 5.15. The van der Waals surface area contributed by atoms with Gasteiger partial charge in [-0.15, -0.1) is 0 Å². The zero-order chi connectivity index (χ0) is 10.9. The molecule has 82 valence electrons. The van der Waals surface area contributed by atoms with E-state index in [-0.39, 0.29) is 5.91 Å². The van der Waals surface area contributed by atoms with Crippen molar-refractivity contribution in [3.8, 4) is 0 Å². The Hall–Kier alpha value is -1.38. The summed E-state index contributed by atoms with van der Waals surface area (Å²) in [6.07, 6.45) is 8.49. The Balaban J connectivity index is 2.19. The van der Waals surface area contributed by atoms with E-state index in [9.17, 15) is 4.79 Å². The number of nitrogens with zero attached hydrogens (tertiary/aromatic N) is 1. The second kappa shape index (κ2) is 6.98. The van der Waals surface area contributed by atoms with Crippen molar-refractivity contribution in [1.82, 2.24) is 4.98 Å². The first-order valence-electron chi connectivity index (χ1n) is 5.53. The largest absolute Gasteiger partial charge is 0.326 e. The Kier molecular flexibility index (Phi) is 5.44. The summed E-state index contributed by atoms with van der Waals surface area (Å²) < 4.78 is 0. The Morgan fingerprint density at radius 1 is 1.27 bits per heavy atom. The van der Waals surface area contributed by atoms with Crippen molar-refractivity contribution in [2.24, 2.45) is 0 Å². The number of aromatic nitrogens is 1. The summed E-state index contributed by atoms with van der Waals surface area (Å²) in [6.45, 7) is 2.16. The van der Waals surface area contributed by atoms with Crippen LogP contribution in [0.5, 0.6) is 0 Å². The second-order valence-electron chi connectivity index (χ2n) is 3.59. The maximum atomic E-state index is 11.4. The minimum absolute atomic E-state index is 0.0947. The molecule has 1 heterocycles. The van der Waals surface area contributed by atoms with Crippen LogP contribution in [0.25, 0.3) is 0 Å². The van der Waals surface area contributed by atoms with Crippen LogP contribution in [0.2, 0.25) is 0 Å². The number of anilines is 1. The summed E-state index contributed by atoms with van der Waals surface area (Å²) >= 11 is 0. The van der Waals surface area contributed by atoms with Crippen LogP contribution in [-0.4, -0.2) is 10.9 Å². The molecule has 0 unspecified atom stereocenters. The predicted molar refractivity (Wildman–Crippen MR) is 61.6 cm³/mol. The Morgan fingerprint density at radius 3 is 2.67 bits per heavy atom. The molecule has 1 aromatic rings. The summed E-state index contributed by atoms with van der Waals surface area (Å²) in [6, 6.07) is 3.59. The highest BCUT2D eigenvalue weighted by molar-refractivity contribution is 5.90. The van der Waals surface area contributed by atoms with E-state index in [1.165, 1.54) is 12.8 Å². The molecule has 0 spiro atoms. The number of hydrogen-bond acceptors (Lipinski definition) is 2. The molecule has 3 heteroatoms. The van der Waals surface area contributed by atoms with Crippen molar-refractivity contribution in [3.05, 3.63) is 24.5 Å². The van der Waals surface area contributed by atoms with E-state index in [1.807, 2.05) is 0 Å². The first kappa shape index (κ1) is 11.7. The lowest BCUT2D eigenvalue weighted by atomic mass is 10.1. The maximum absolute atomic E-state index is 11.4. The summed E-state index contributed by atoms with van der Waals surface area (Å²) in [7, 11) is 0. The van der Waals surface area contributed by atoms with Gasteiger partial charge in [0.1, 0.15) is 0 Å². The first-order chi connectivity index (χ1) is 7.33. The van der Waals surface area contributed by atoms with Gasteiger partial charge in [0.25, 0.3) is 0 Å². The molecule has 0 saturated carbocycles. The first-order valence-corrected chi connectivity index (χ1v) is 5.53. The summed E-state index contributed by atoms with van der Waals surface area (Å²) in [4.78, 5) is 15.3. The molecule has 0 aliphatic rings. The summed E-state index contributed by atoms with van der Waals surface area (Å²) in [5.41, 5.74) is 0.825. The highest BCUT2D eigenvalue weighted by atomic mass is 16.1. The van der Waals surface area contributed by atoms with Crippen LogP contribution in [0.4, 0.5) is 5.69 Å². The lowest BCUT2D eigenvalue weighted by Gasteiger charge is -2.03. The van der Waals surface area contributed by atoms with E-state index in [0.29, 0.717) is 6.42 Å². The molecule has 1 rings (SSSR count). The molecule has 0 saturated heterocycles. The zero-order valence-corrected chi connectivity index (χ0v) is 9.20. The van der Waals surface area contributed by atoms with Crippen LogP contribution in [0.15, 0.2) is 24.5 Å². The summed E-state index contributed by atoms with van der Waals surface area (Å²) in [5.74, 6) is 0.0947. The van der Waals surface area contributed by atoms with Crippen molar-refractivity contribution in [3.63, 3.8) is 0 Å². The van der Waals surface area contributed by atoms with Gasteiger partial charge in [0.2, 0.25) is 5.91 Å². The molecule has 1 aromatic heterocycles. The van der Waals surface area contributed by atoms with Gasteiger partial charge in [0, 0.05) is 24.5 Å². The molecule has 1 N–H and O–H groups in total. The zero-order valence-electron chi connectivity index (χ0n) is 9.20. The van der Waals surface area contributed by atoms with Gasteiger partial charge < -0.3 is 5.32 Å². The van der Waals surface area contributed by atoms with Crippen LogP contribution in [0, 0.1) is 0 Å². The normalized spacial score (nSPS) is 9.93. The van der Waals surface area contributed by atoms with Crippen molar-refractivity contribution < 1.29 is 4.79 Å². The predicted octanol–water partition coefficient (Wildman–Crippen LogP) is 2.99. The van der Waals surface area contributed by atoms with Gasteiger partial charge in [-0.25, -0.2) is 0 Å². The number of pyridine rings is 1. The molecule has 0 aliphatic heterocycles. The topological polar surface area (TPSA) is 42.0 Å². The van der Waals surface area contributed by atoms with Gasteiger partial charge in [-0.3, -0.25) is 9.78 Å². The van der Waals surface area contributed by atoms with Crippen molar-refractivity contribution in [2.75, 3.05) is 5.32 Å². The SMILES string of the molecule is CCCCCCC(=O)Nc1ccncc1. The third-order valence-corrected chi connectivity index (χ3v) is 2.22. The van der Waals surface area contributed by atoms with Gasteiger partial charge in [0.05, 0.1) is 0 Å². The van der Waals surface area contributed by atoms with E-state index in [1.54, 1.807) is 24.5 Å². The van der Waals surface area contributed by atoms with Crippen LogP contribution in [0.3, 0.4) is 0 Å². The molecule has 0 aromatic carbocycles. The number of carbonyl (C=O) groups is 1. The lowest BCUT2D eigenvalue weighted by molar-refractivity contribution is -0.116. The van der Waals surface area contributed by atoms with Crippen molar-refractivity contribution in [2.45, 2.75) is 39.0 Å². The van der Waals surface area contributed by atoms with Gasteiger partial charge in [0.15, 0.2) is 0 Å². The number of hydrogen-bond donors (Lipinski definition) is 1. The molecular formula is C12H18N2O. The van der Waals surface area contributed by atoms with Crippen LogP contribution in [-0.2, 0) is 4.79 Å². The number of carbonyl (C=O) groups excluding carboxylic acids is 1. The lowest BCUT2D eigenvalue weighted by Crippen LogP contribution is -2.10. The fourth-order valence-corrected chi connectivity index (χ4v) is 1.37. The van der Waals surface area contributed by atoms with E-state index in [0.717, 1.165) is 18.5 Å². The number of unbranched alkanes of at least 4 members (excludes halogenated alkanes) is 3. The van der Waals surface area contributed by atoms with E-state index < -0.39 is 0 Å². The number of nitrogens with one attached hydrogen (secondary N) is 1. The Labute approximate surface area is 90.9 Å². The fourth-order valence-electron chi connectivity index (χ4n) is 1.37. The Bertz CT molecular complexity index is 285. The number of amides is 1. The quantitative estimate of drug-likeness (QED) is 0.727. The average molecular weight is 206 g/mol. The van der Waals surface area contributed by atoms with Gasteiger partial charge >= 0.3 is 0 Å². The molecule has 0 radical (unpaired) electrons. The van der Waals surface area contributed by atoms with Crippen LogP contribution >= 0.6 is 0 Å². The van der Waals surface area contributed by atoms with E-state index in [4.69, 9.17) is 0 Å². The van der Waals surface area contributed by atoms with Gasteiger partial charge in [-0.05, 0) is 18.6 Å². The minimum atomic E-state index is 0.0947. The van der Waals surface area contributed by atoms with Crippen LogP contribution in [0.1, 0.15) is 39.0 Å². The molecule has 0 atom stereocenters. The minimum Gasteiger partial charge on any atom is -0.326 e. The summed E-state index contributed by atoms with van der Waals surface area (Å²) in [5, 5.41) is 2.84. The van der Waals surface area contributed by atoms with Crippen LogP contribution < -0.4 is 5.32 Å². The van der Waals surface area contributed by atoms with Gasteiger partial charge in [-0.2, -0.15) is 0 Å². The molecule has 15 heavy (non-hydrogen) atoms.